The highest BCUT2D eigenvalue weighted by Crippen LogP contribution is 2.40. The predicted octanol–water partition coefficient (Wildman–Crippen LogP) is -0.153. The number of carbonyl (C=O) groups is 3. The molecule has 2 aliphatic heterocycles. The first-order chi connectivity index (χ1) is 11.9. The minimum Gasteiger partial charge on any atom is -0.477 e. The molecule has 134 valence electrons. The molecule has 3 rings (SSSR count). The van der Waals surface area contributed by atoms with Gasteiger partial charge in [0.05, 0.1) is 6.54 Å². The second kappa shape index (κ2) is 7.32. The molecule has 2 aliphatic rings. The van der Waals surface area contributed by atoms with E-state index in [0.29, 0.717) is 33.0 Å². The van der Waals surface area contributed by atoms with Crippen molar-refractivity contribution in [2.75, 3.05) is 11.5 Å². The van der Waals surface area contributed by atoms with E-state index in [1.807, 2.05) is 0 Å². The minimum absolute atomic E-state index is 0.0333. The lowest BCUT2D eigenvalue weighted by molar-refractivity contribution is -0.147. The van der Waals surface area contributed by atoms with Gasteiger partial charge in [-0.15, -0.1) is 22.0 Å². The summed E-state index contributed by atoms with van der Waals surface area (Å²) in [6, 6.07) is -0.631. The van der Waals surface area contributed by atoms with E-state index in [2.05, 4.69) is 15.5 Å². The molecule has 2 amide bonds. The van der Waals surface area contributed by atoms with Crippen molar-refractivity contribution in [1.82, 2.24) is 20.4 Å². The molecule has 2 atom stereocenters. The molecule has 0 radical (unpaired) electrons. The maximum Gasteiger partial charge on any atom is 0.352 e. The van der Waals surface area contributed by atoms with Crippen molar-refractivity contribution in [1.29, 1.82) is 0 Å². The molecule has 1 fully saturated rings. The van der Waals surface area contributed by atoms with Crippen molar-refractivity contribution in [2.24, 2.45) is 5.73 Å². The molecule has 25 heavy (non-hydrogen) atoms. The number of nitrogens with one attached hydrogen (secondary N) is 1. The number of fused-ring (bicyclic) bond motifs is 1. The maximum absolute atomic E-state index is 11.9. The van der Waals surface area contributed by atoms with Crippen molar-refractivity contribution < 1.29 is 19.5 Å². The number of carboxylic acids is 1. The lowest BCUT2D eigenvalue weighted by atomic mass is 10.0. The summed E-state index contributed by atoms with van der Waals surface area (Å²) in [5.74, 6) is -0.717. The van der Waals surface area contributed by atoms with Crippen LogP contribution in [0, 0.1) is 0 Å². The Balaban J connectivity index is 1.68. The number of rotatable bonds is 6. The number of amides is 2. The molecule has 0 bridgehead atoms. The van der Waals surface area contributed by atoms with E-state index in [9.17, 15) is 19.5 Å². The van der Waals surface area contributed by atoms with Crippen LogP contribution in [0.1, 0.15) is 11.9 Å². The third kappa shape index (κ3) is 3.66. The molecule has 12 heteroatoms. The van der Waals surface area contributed by atoms with E-state index in [1.54, 1.807) is 0 Å². The number of nitrogens with zero attached hydrogens (tertiary/aromatic N) is 3. The number of β-lactam (4-membered cyclic amide) rings is 1. The van der Waals surface area contributed by atoms with E-state index < -0.39 is 12.0 Å². The Morgan fingerprint density at radius 2 is 2.24 bits per heavy atom. The average molecular weight is 401 g/mol. The second-order valence-electron chi connectivity index (χ2n) is 5.35. The standard InChI is InChI=1S/C13H15N5O4S3/c1-5(19)15-2-7-16-17-13(25-7)24-4-6-3-23-11-8(14)10(20)18(11)9(6)12(21)22/h8,11H,2-4,14H2,1H3,(H,15,19)(H,21,22)/t8?,11-/m1/s1. The predicted molar refractivity (Wildman–Crippen MR) is 93.9 cm³/mol. The van der Waals surface area contributed by atoms with E-state index >= 15 is 0 Å². The topological polar surface area (TPSA) is 139 Å². The van der Waals surface area contributed by atoms with Crippen molar-refractivity contribution in [3.63, 3.8) is 0 Å². The van der Waals surface area contributed by atoms with Crippen LogP contribution in [0.25, 0.3) is 0 Å². The molecule has 3 heterocycles. The zero-order chi connectivity index (χ0) is 18.1. The highest BCUT2D eigenvalue weighted by molar-refractivity contribution is 8.01. The fourth-order valence-electron chi connectivity index (χ4n) is 2.41. The van der Waals surface area contributed by atoms with E-state index in [4.69, 9.17) is 5.73 Å². The lowest BCUT2D eigenvalue weighted by Gasteiger charge is -2.48. The SMILES string of the molecule is CC(=O)NCc1nnc(SCC2=C(C(=O)O)N3C(=O)C(N)[C@H]3SC2)s1. The molecule has 1 aromatic rings. The first-order valence-electron chi connectivity index (χ1n) is 7.23. The zero-order valence-corrected chi connectivity index (χ0v) is 15.5. The van der Waals surface area contributed by atoms with Gasteiger partial charge in [0, 0.05) is 18.4 Å². The first-order valence-corrected chi connectivity index (χ1v) is 10.1. The monoisotopic (exact) mass is 401 g/mol. The summed E-state index contributed by atoms with van der Waals surface area (Å²) in [7, 11) is 0. The van der Waals surface area contributed by atoms with Gasteiger partial charge in [-0.05, 0) is 5.57 Å². The van der Waals surface area contributed by atoms with Crippen LogP contribution in [-0.2, 0) is 20.9 Å². The van der Waals surface area contributed by atoms with Crippen LogP contribution < -0.4 is 11.1 Å². The van der Waals surface area contributed by atoms with Gasteiger partial charge >= 0.3 is 5.97 Å². The minimum atomic E-state index is -1.12. The Kier molecular flexibility index (Phi) is 5.32. The summed E-state index contributed by atoms with van der Waals surface area (Å²) in [6.45, 7) is 1.74. The number of hydrogen-bond donors (Lipinski definition) is 3. The van der Waals surface area contributed by atoms with Gasteiger partial charge in [0.1, 0.15) is 22.1 Å². The Labute approximate surface area is 155 Å². The van der Waals surface area contributed by atoms with Gasteiger partial charge in [0.15, 0.2) is 4.34 Å². The third-order valence-corrected chi connectivity index (χ3v) is 7.10. The number of aromatic nitrogens is 2. The molecule has 4 N–H and O–H groups in total. The number of nitrogens with two attached hydrogens (primary N) is 1. The summed E-state index contributed by atoms with van der Waals surface area (Å²) >= 11 is 4.17. The highest BCUT2D eigenvalue weighted by atomic mass is 32.2. The number of aliphatic carboxylic acids is 1. The molecule has 1 unspecified atom stereocenters. The van der Waals surface area contributed by atoms with Gasteiger partial charge < -0.3 is 16.2 Å². The van der Waals surface area contributed by atoms with Crippen molar-refractivity contribution >= 4 is 52.6 Å². The molecule has 1 aromatic heterocycles. The molecule has 0 aliphatic carbocycles. The van der Waals surface area contributed by atoms with Crippen LogP contribution in [0.5, 0.6) is 0 Å². The van der Waals surface area contributed by atoms with Gasteiger partial charge in [0.25, 0.3) is 0 Å². The van der Waals surface area contributed by atoms with Gasteiger partial charge in [0.2, 0.25) is 11.8 Å². The summed E-state index contributed by atoms with van der Waals surface area (Å²) in [5.41, 5.74) is 6.42. The van der Waals surface area contributed by atoms with Gasteiger partial charge in [-0.3, -0.25) is 14.5 Å². The van der Waals surface area contributed by atoms with Gasteiger partial charge in [-0.2, -0.15) is 0 Å². The fourth-order valence-corrected chi connectivity index (χ4v) is 5.68. The Morgan fingerprint density at radius 3 is 2.92 bits per heavy atom. The Hall–Kier alpha value is -1.63. The summed E-state index contributed by atoms with van der Waals surface area (Å²) < 4.78 is 0.677. The molecule has 9 nitrogen and oxygen atoms in total. The number of hydrogen-bond acceptors (Lipinski definition) is 9. The second-order valence-corrected chi connectivity index (χ2v) is 8.74. The van der Waals surface area contributed by atoms with Crippen molar-refractivity contribution in [2.45, 2.75) is 29.2 Å². The quantitative estimate of drug-likeness (QED) is 0.438. The molecule has 0 spiro atoms. The number of carbonyl (C=O) groups excluding carboxylic acids is 2. The van der Waals surface area contributed by atoms with Crippen LogP contribution in [0.4, 0.5) is 0 Å². The molecular formula is C13H15N5O4S3. The maximum atomic E-state index is 11.9. The average Bonchev–Trinajstić information content (AvgIpc) is 3.04. The van der Waals surface area contributed by atoms with E-state index in [1.165, 1.54) is 46.7 Å². The van der Waals surface area contributed by atoms with Crippen LogP contribution in [-0.4, -0.2) is 60.9 Å². The molecule has 0 aromatic carbocycles. The molecule has 1 saturated heterocycles. The smallest absolute Gasteiger partial charge is 0.352 e. The van der Waals surface area contributed by atoms with Crippen molar-refractivity contribution in [3.8, 4) is 0 Å². The summed E-state index contributed by atoms with van der Waals surface area (Å²) in [4.78, 5) is 35.7. The van der Waals surface area contributed by atoms with Crippen LogP contribution in [0.15, 0.2) is 15.6 Å². The van der Waals surface area contributed by atoms with Crippen LogP contribution >= 0.6 is 34.9 Å². The van der Waals surface area contributed by atoms with E-state index in [-0.39, 0.29) is 22.9 Å². The molecular weight excluding hydrogens is 386 g/mol. The van der Waals surface area contributed by atoms with Crippen LogP contribution in [0.3, 0.4) is 0 Å². The van der Waals surface area contributed by atoms with Crippen molar-refractivity contribution in [3.05, 3.63) is 16.3 Å². The van der Waals surface area contributed by atoms with Gasteiger partial charge in [-0.25, -0.2) is 4.79 Å². The molecule has 0 saturated carbocycles. The normalized spacial score (nSPS) is 22.5. The first kappa shape index (κ1) is 18.2. The van der Waals surface area contributed by atoms with Crippen LogP contribution in [0.2, 0.25) is 0 Å². The Morgan fingerprint density at radius 1 is 1.48 bits per heavy atom. The van der Waals surface area contributed by atoms with Gasteiger partial charge in [-0.1, -0.05) is 23.1 Å². The largest absolute Gasteiger partial charge is 0.477 e. The fraction of sp³-hybridized carbons (Fsp3) is 0.462. The summed E-state index contributed by atoms with van der Waals surface area (Å²) in [6.07, 6.45) is 0. The Bertz CT molecular complexity index is 765. The number of carboxylic acid groups (broad SMARTS) is 1. The summed E-state index contributed by atoms with van der Waals surface area (Å²) in [5, 5.41) is 20.5. The lowest BCUT2D eigenvalue weighted by Crippen LogP contribution is -2.68. The number of thioether (sulfide) groups is 2. The van der Waals surface area contributed by atoms with E-state index in [0.717, 1.165) is 0 Å². The zero-order valence-electron chi connectivity index (χ0n) is 13.1. The third-order valence-electron chi connectivity index (χ3n) is 3.60. The highest BCUT2D eigenvalue weighted by Gasteiger charge is 2.51.